The van der Waals surface area contributed by atoms with Gasteiger partial charge in [-0.1, -0.05) is 47.5 Å². The Morgan fingerprint density at radius 1 is 0.939 bits per heavy atom. The van der Waals surface area contributed by atoms with Gasteiger partial charge in [-0.25, -0.2) is 0 Å². The number of ether oxygens (including phenoxy) is 1. The van der Waals surface area contributed by atoms with Crippen LogP contribution < -0.4 is 9.64 Å². The van der Waals surface area contributed by atoms with E-state index < -0.39 is 17.7 Å². The van der Waals surface area contributed by atoms with E-state index in [-0.39, 0.29) is 21.9 Å². The zero-order valence-electron chi connectivity index (χ0n) is 18.2. The maximum absolute atomic E-state index is 13.3. The Labute approximate surface area is 201 Å². The normalized spacial score (nSPS) is 17.5. The number of carbonyl (C=O) groups excluding carboxylic acids is 2. The lowest BCUT2D eigenvalue weighted by atomic mass is 9.94. The molecule has 1 unspecified atom stereocenters. The number of anilines is 1. The molecule has 1 aliphatic rings. The van der Waals surface area contributed by atoms with Crippen molar-refractivity contribution in [2.45, 2.75) is 19.9 Å². The lowest BCUT2D eigenvalue weighted by molar-refractivity contribution is -0.132. The van der Waals surface area contributed by atoms with Crippen LogP contribution in [0.4, 0.5) is 5.69 Å². The maximum atomic E-state index is 13.3. The van der Waals surface area contributed by atoms with Gasteiger partial charge in [-0.2, -0.15) is 0 Å². The van der Waals surface area contributed by atoms with Gasteiger partial charge >= 0.3 is 0 Å². The van der Waals surface area contributed by atoms with Crippen molar-refractivity contribution >= 4 is 46.3 Å². The molecule has 1 aliphatic heterocycles. The summed E-state index contributed by atoms with van der Waals surface area (Å²) in [6.07, 6.45) is 0. The molecule has 0 saturated carbocycles. The highest BCUT2D eigenvalue weighted by Crippen LogP contribution is 2.45. The Hall–Kier alpha value is -3.28. The number of benzene rings is 3. The van der Waals surface area contributed by atoms with Gasteiger partial charge in [0.25, 0.3) is 11.7 Å². The predicted molar refractivity (Wildman–Crippen MR) is 130 cm³/mol. The molecule has 1 N–H and O–H groups in total. The van der Waals surface area contributed by atoms with Crippen LogP contribution in [0.5, 0.6) is 5.75 Å². The van der Waals surface area contributed by atoms with Crippen molar-refractivity contribution in [1.82, 2.24) is 0 Å². The van der Waals surface area contributed by atoms with Gasteiger partial charge < -0.3 is 9.84 Å². The standard InChI is InChI=1S/C26H21Cl2NO4/c1-14-10-15(2)12-17(11-14)29-23(18-6-4-5-7-21(18)33-3)22(25(31)26(29)32)24(30)16-8-9-19(27)20(28)13-16/h4-13,23,30H,1-3H3/b24-22+. The first-order valence-corrected chi connectivity index (χ1v) is 11.0. The molecule has 1 heterocycles. The maximum Gasteiger partial charge on any atom is 0.300 e. The SMILES string of the molecule is COc1ccccc1C1/C(=C(\O)c2ccc(Cl)c(Cl)c2)C(=O)C(=O)N1c1cc(C)cc(C)c1. The highest BCUT2D eigenvalue weighted by molar-refractivity contribution is 6.52. The van der Waals surface area contributed by atoms with Crippen LogP contribution in [0.2, 0.25) is 10.0 Å². The fraction of sp³-hybridized carbons (Fsp3) is 0.154. The molecule has 0 aromatic heterocycles. The average molecular weight is 482 g/mol. The number of ketones is 1. The van der Waals surface area contributed by atoms with Crippen molar-refractivity contribution in [3.63, 3.8) is 0 Å². The summed E-state index contributed by atoms with van der Waals surface area (Å²) in [6, 6.07) is 16.4. The Morgan fingerprint density at radius 2 is 1.61 bits per heavy atom. The van der Waals surface area contributed by atoms with Gasteiger partial charge in [0.1, 0.15) is 11.5 Å². The highest BCUT2D eigenvalue weighted by atomic mass is 35.5. The third-order valence-corrected chi connectivity index (χ3v) is 6.29. The second-order valence-corrected chi connectivity index (χ2v) is 8.70. The summed E-state index contributed by atoms with van der Waals surface area (Å²) < 4.78 is 5.54. The zero-order chi connectivity index (χ0) is 23.9. The smallest absolute Gasteiger partial charge is 0.300 e. The second kappa shape index (κ2) is 8.93. The molecule has 33 heavy (non-hydrogen) atoms. The molecule has 3 aromatic carbocycles. The molecule has 1 saturated heterocycles. The van der Waals surface area contributed by atoms with E-state index in [1.165, 1.54) is 24.1 Å². The molecule has 0 bridgehead atoms. The fourth-order valence-corrected chi connectivity index (χ4v) is 4.47. The quantitative estimate of drug-likeness (QED) is 0.271. The lowest BCUT2D eigenvalue weighted by Crippen LogP contribution is -2.29. The van der Waals surface area contributed by atoms with Crippen molar-refractivity contribution in [1.29, 1.82) is 0 Å². The number of hydrogen-bond donors (Lipinski definition) is 1. The number of methoxy groups -OCH3 is 1. The summed E-state index contributed by atoms with van der Waals surface area (Å²) in [5, 5.41) is 11.8. The molecular formula is C26H21Cl2NO4. The minimum absolute atomic E-state index is 0.0537. The molecule has 168 valence electrons. The largest absolute Gasteiger partial charge is 0.507 e. The summed E-state index contributed by atoms with van der Waals surface area (Å²) in [6.45, 7) is 3.84. The van der Waals surface area contributed by atoms with E-state index in [2.05, 4.69) is 0 Å². The van der Waals surface area contributed by atoms with Crippen molar-refractivity contribution in [2.24, 2.45) is 0 Å². The van der Waals surface area contributed by atoms with E-state index in [4.69, 9.17) is 27.9 Å². The van der Waals surface area contributed by atoms with Crippen LogP contribution in [0.1, 0.15) is 28.3 Å². The number of hydrogen-bond acceptors (Lipinski definition) is 4. The molecule has 7 heteroatoms. The summed E-state index contributed by atoms with van der Waals surface area (Å²) in [7, 11) is 1.51. The molecule has 4 rings (SSSR count). The summed E-state index contributed by atoms with van der Waals surface area (Å²) in [5.41, 5.74) is 3.23. The zero-order valence-corrected chi connectivity index (χ0v) is 19.7. The van der Waals surface area contributed by atoms with Gasteiger partial charge in [0, 0.05) is 16.8 Å². The number of amides is 1. The number of para-hydroxylation sites is 1. The molecule has 0 spiro atoms. The summed E-state index contributed by atoms with van der Waals surface area (Å²) >= 11 is 12.2. The third kappa shape index (κ3) is 4.10. The van der Waals surface area contributed by atoms with E-state index >= 15 is 0 Å². The number of aliphatic hydroxyl groups is 1. The van der Waals surface area contributed by atoms with Gasteiger partial charge in [0.05, 0.1) is 28.8 Å². The first-order valence-electron chi connectivity index (χ1n) is 10.2. The highest BCUT2D eigenvalue weighted by Gasteiger charge is 2.48. The second-order valence-electron chi connectivity index (χ2n) is 7.89. The average Bonchev–Trinajstić information content (AvgIpc) is 3.05. The first-order chi connectivity index (χ1) is 15.7. The van der Waals surface area contributed by atoms with Crippen LogP contribution in [0.25, 0.3) is 5.76 Å². The minimum Gasteiger partial charge on any atom is -0.507 e. The first kappa shape index (κ1) is 22.9. The molecule has 3 aromatic rings. The third-order valence-electron chi connectivity index (χ3n) is 5.56. The van der Waals surface area contributed by atoms with Crippen molar-refractivity contribution < 1.29 is 19.4 Å². The molecule has 1 atom stereocenters. The van der Waals surface area contributed by atoms with Crippen LogP contribution in [0.15, 0.2) is 66.2 Å². The van der Waals surface area contributed by atoms with Gasteiger partial charge in [-0.05, 0) is 61.4 Å². The fourth-order valence-electron chi connectivity index (χ4n) is 4.17. The minimum atomic E-state index is -0.906. The molecule has 0 aliphatic carbocycles. The molecule has 0 radical (unpaired) electrons. The topological polar surface area (TPSA) is 66.8 Å². The van der Waals surface area contributed by atoms with E-state index in [0.717, 1.165) is 11.1 Å². The van der Waals surface area contributed by atoms with Gasteiger partial charge in [0.15, 0.2) is 0 Å². The number of halogens is 2. The molecular weight excluding hydrogens is 461 g/mol. The van der Waals surface area contributed by atoms with Crippen LogP contribution in [-0.2, 0) is 9.59 Å². The van der Waals surface area contributed by atoms with Gasteiger partial charge in [-0.15, -0.1) is 0 Å². The van der Waals surface area contributed by atoms with Gasteiger partial charge in [-0.3, -0.25) is 14.5 Å². The summed E-state index contributed by atoms with van der Waals surface area (Å²) in [4.78, 5) is 28.0. The van der Waals surface area contributed by atoms with Crippen LogP contribution >= 0.6 is 23.2 Å². The Morgan fingerprint density at radius 3 is 2.24 bits per heavy atom. The van der Waals surface area contributed by atoms with E-state index in [0.29, 0.717) is 22.0 Å². The van der Waals surface area contributed by atoms with Crippen molar-refractivity contribution in [3.05, 3.63) is 98.5 Å². The van der Waals surface area contributed by atoms with E-state index in [1.807, 2.05) is 32.0 Å². The molecule has 1 amide bonds. The predicted octanol–water partition coefficient (Wildman–Crippen LogP) is 6.25. The van der Waals surface area contributed by atoms with Gasteiger partial charge in [0.2, 0.25) is 0 Å². The van der Waals surface area contributed by atoms with Crippen LogP contribution in [0.3, 0.4) is 0 Å². The van der Waals surface area contributed by atoms with Crippen LogP contribution in [-0.4, -0.2) is 23.9 Å². The number of aliphatic hydroxyl groups excluding tert-OH is 1. The lowest BCUT2D eigenvalue weighted by Gasteiger charge is -2.27. The Kier molecular flexibility index (Phi) is 6.19. The number of rotatable bonds is 4. The number of carbonyl (C=O) groups is 2. The molecule has 1 fully saturated rings. The van der Waals surface area contributed by atoms with Crippen molar-refractivity contribution in [2.75, 3.05) is 12.0 Å². The monoisotopic (exact) mass is 481 g/mol. The Bertz CT molecular complexity index is 1300. The number of aryl methyl sites for hydroxylation is 2. The number of Topliss-reactive ketones (excluding diaryl/α,β-unsaturated/α-hetero) is 1. The van der Waals surface area contributed by atoms with Crippen LogP contribution in [0, 0.1) is 13.8 Å². The Balaban J connectivity index is 2.01. The van der Waals surface area contributed by atoms with E-state index in [1.54, 1.807) is 30.3 Å². The number of nitrogens with zero attached hydrogens (tertiary/aromatic N) is 1. The van der Waals surface area contributed by atoms with E-state index in [9.17, 15) is 14.7 Å². The molecule has 5 nitrogen and oxygen atoms in total. The van der Waals surface area contributed by atoms with Crippen molar-refractivity contribution in [3.8, 4) is 5.75 Å². The summed E-state index contributed by atoms with van der Waals surface area (Å²) in [5.74, 6) is -1.39.